The number of esters is 1. The number of halogens is 1. The topological polar surface area (TPSA) is 71.1 Å². The minimum Gasteiger partial charge on any atom is -0.454 e. The van der Waals surface area contributed by atoms with Crippen LogP contribution in [0.2, 0.25) is 0 Å². The summed E-state index contributed by atoms with van der Waals surface area (Å²) in [5.74, 6) is 1.19. The second kappa shape index (κ2) is 7.59. The van der Waals surface area contributed by atoms with Crippen LogP contribution in [0.15, 0.2) is 64.8 Å². The van der Waals surface area contributed by atoms with E-state index in [0.717, 1.165) is 10.0 Å². The first-order valence-electron chi connectivity index (χ1n) is 9.44. The number of ether oxygens (including phenoxy) is 4. The lowest BCUT2D eigenvalue weighted by atomic mass is 10.0. The maximum absolute atomic E-state index is 12.8. The zero-order valence-electron chi connectivity index (χ0n) is 16.3. The van der Waals surface area contributed by atoms with Crippen molar-refractivity contribution in [1.29, 1.82) is 0 Å². The summed E-state index contributed by atoms with van der Waals surface area (Å²) >= 11 is 3.42. The van der Waals surface area contributed by atoms with Crippen LogP contribution in [0.1, 0.15) is 31.8 Å². The van der Waals surface area contributed by atoms with Gasteiger partial charge >= 0.3 is 5.97 Å². The van der Waals surface area contributed by atoms with Gasteiger partial charge in [0, 0.05) is 10.5 Å². The first-order chi connectivity index (χ1) is 15.0. The van der Waals surface area contributed by atoms with Gasteiger partial charge in [0.15, 0.2) is 17.3 Å². The van der Waals surface area contributed by atoms with Gasteiger partial charge < -0.3 is 18.9 Å². The van der Waals surface area contributed by atoms with Crippen molar-refractivity contribution in [3.63, 3.8) is 0 Å². The van der Waals surface area contributed by atoms with Crippen molar-refractivity contribution in [3.05, 3.63) is 87.1 Å². The van der Waals surface area contributed by atoms with E-state index in [1.54, 1.807) is 43.3 Å². The van der Waals surface area contributed by atoms with Crippen molar-refractivity contribution >= 4 is 33.8 Å². The van der Waals surface area contributed by atoms with E-state index in [1.165, 1.54) is 0 Å². The molecule has 0 fully saturated rings. The van der Waals surface area contributed by atoms with E-state index >= 15 is 0 Å². The van der Waals surface area contributed by atoms with Gasteiger partial charge in [0.1, 0.15) is 11.5 Å². The fraction of sp³-hybridized carbons (Fsp3) is 0.0833. The number of Topliss-reactive ketones (excluding diaryl/α,β-unsaturated/α-hetero) is 1. The number of rotatable bonds is 3. The molecule has 6 nitrogen and oxygen atoms in total. The Balaban J connectivity index is 1.40. The molecule has 2 aliphatic heterocycles. The summed E-state index contributed by atoms with van der Waals surface area (Å²) in [7, 11) is 0. The van der Waals surface area contributed by atoms with Gasteiger partial charge in [-0.1, -0.05) is 28.1 Å². The number of carbonyl (C=O) groups is 2. The molecule has 0 radical (unpaired) electrons. The molecule has 0 spiro atoms. The van der Waals surface area contributed by atoms with Crippen LogP contribution >= 0.6 is 15.9 Å². The summed E-state index contributed by atoms with van der Waals surface area (Å²) in [4.78, 5) is 25.4. The van der Waals surface area contributed by atoms with E-state index in [2.05, 4.69) is 15.9 Å². The van der Waals surface area contributed by atoms with Crippen molar-refractivity contribution in [2.75, 3.05) is 6.79 Å². The molecule has 5 rings (SSSR count). The molecule has 0 saturated heterocycles. The molecule has 0 amide bonds. The van der Waals surface area contributed by atoms with E-state index in [9.17, 15) is 9.59 Å². The average molecular weight is 479 g/mol. The highest BCUT2D eigenvalue weighted by molar-refractivity contribution is 9.10. The second-order valence-corrected chi connectivity index (χ2v) is 7.98. The molecule has 2 aliphatic rings. The average Bonchev–Trinajstić information content (AvgIpc) is 3.32. The Morgan fingerprint density at radius 3 is 2.71 bits per heavy atom. The van der Waals surface area contributed by atoms with Gasteiger partial charge in [-0.2, -0.15) is 0 Å². The lowest BCUT2D eigenvalue weighted by Gasteiger charge is -2.08. The highest BCUT2D eigenvalue weighted by Crippen LogP contribution is 2.38. The Hall–Kier alpha value is -3.58. The number of fused-ring (bicyclic) bond motifs is 2. The number of ketones is 1. The van der Waals surface area contributed by atoms with E-state index in [1.807, 2.05) is 24.3 Å². The van der Waals surface area contributed by atoms with Crippen LogP contribution in [0.3, 0.4) is 0 Å². The molecule has 0 bridgehead atoms. The number of carbonyl (C=O) groups excluding carboxylic acids is 2. The Kier molecular flexibility index (Phi) is 4.75. The number of aryl methyl sites for hydroxylation is 1. The molecule has 7 heteroatoms. The lowest BCUT2D eigenvalue weighted by molar-refractivity contribution is 0.0734. The minimum atomic E-state index is -0.549. The van der Waals surface area contributed by atoms with Gasteiger partial charge in [0.25, 0.3) is 0 Å². The van der Waals surface area contributed by atoms with Gasteiger partial charge in [-0.25, -0.2) is 4.79 Å². The van der Waals surface area contributed by atoms with Crippen LogP contribution in [0.5, 0.6) is 23.0 Å². The van der Waals surface area contributed by atoms with Gasteiger partial charge in [-0.15, -0.1) is 0 Å². The zero-order chi connectivity index (χ0) is 21.5. The molecule has 154 valence electrons. The summed E-state index contributed by atoms with van der Waals surface area (Å²) in [6.07, 6.45) is 1.69. The summed E-state index contributed by atoms with van der Waals surface area (Å²) in [6.45, 7) is 1.90. The smallest absolute Gasteiger partial charge is 0.343 e. The minimum absolute atomic E-state index is 0.124. The monoisotopic (exact) mass is 478 g/mol. The van der Waals surface area contributed by atoms with E-state index in [-0.39, 0.29) is 24.1 Å². The summed E-state index contributed by atoms with van der Waals surface area (Å²) in [5, 5.41) is 0. The number of benzene rings is 3. The molecule has 2 heterocycles. The Morgan fingerprint density at radius 2 is 1.87 bits per heavy atom. The van der Waals surface area contributed by atoms with E-state index in [4.69, 9.17) is 18.9 Å². The largest absolute Gasteiger partial charge is 0.454 e. The molecule has 0 atom stereocenters. The van der Waals surface area contributed by atoms with E-state index in [0.29, 0.717) is 33.9 Å². The van der Waals surface area contributed by atoms with Crippen molar-refractivity contribution in [2.24, 2.45) is 0 Å². The van der Waals surface area contributed by atoms with Gasteiger partial charge in [0.2, 0.25) is 12.6 Å². The van der Waals surface area contributed by atoms with Crippen molar-refractivity contribution in [1.82, 2.24) is 0 Å². The van der Waals surface area contributed by atoms with Crippen molar-refractivity contribution in [2.45, 2.75) is 6.92 Å². The molecule has 0 N–H and O–H groups in total. The molecule has 0 aromatic heterocycles. The molecule has 0 saturated carbocycles. The quantitative estimate of drug-likeness (QED) is 0.288. The SMILES string of the molecule is Cc1cc(OC(=O)c2ccc3c(c2)OCO3)cc2c1C(=O)/C(=C/c1cccc(Br)c1)O2. The molecule has 0 unspecified atom stereocenters. The van der Waals surface area contributed by atoms with Crippen LogP contribution in [0, 0.1) is 6.92 Å². The van der Waals surface area contributed by atoms with Crippen LogP contribution in [0.4, 0.5) is 0 Å². The number of hydrogen-bond acceptors (Lipinski definition) is 6. The first kappa shape index (κ1) is 19.4. The Labute approximate surface area is 186 Å². The molecular weight excluding hydrogens is 464 g/mol. The third kappa shape index (κ3) is 3.68. The summed E-state index contributed by atoms with van der Waals surface area (Å²) in [6, 6.07) is 15.6. The van der Waals surface area contributed by atoms with Crippen LogP contribution in [0.25, 0.3) is 6.08 Å². The lowest BCUT2D eigenvalue weighted by Crippen LogP contribution is -2.08. The number of hydrogen-bond donors (Lipinski definition) is 0. The first-order valence-corrected chi connectivity index (χ1v) is 10.2. The fourth-order valence-corrected chi connectivity index (χ4v) is 3.89. The predicted molar refractivity (Wildman–Crippen MR) is 116 cm³/mol. The standard InChI is InChI=1S/C24H15BrO6/c1-13-7-17(30-24(27)15-5-6-18-19(10-15)29-12-28-18)11-20-22(13)23(26)21(31-20)9-14-3-2-4-16(25)8-14/h2-11H,12H2,1H3/b21-9-. The number of allylic oxidation sites excluding steroid dienone is 1. The molecule has 31 heavy (non-hydrogen) atoms. The maximum atomic E-state index is 12.8. The van der Waals surface area contributed by atoms with E-state index < -0.39 is 5.97 Å². The summed E-state index contributed by atoms with van der Waals surface area (Å²) in [5.41, 5.74) is 2.28. The van der Waals surface area contributed by atoms with Crippen LogP contribution in [-0.4, -0.2) is 18.5 Å². The Bertz CT molecular complexity index is 1280. The molecular formula is C24H15BrO6. The summed E-state index contributed by atoms with van der Waals surface area (Å²) < 4.78 is 22.8. The van der Waals surface area contributed by atoms with Crippen LogP contribution in [-0.2, 0) is 0 Å². The van der Waals surface area contributed by atoms with Gasteiger partial charge in [-0.3, -0.25) is 4.79 Å². The molecule has 3 aromatic rings. The van der Waals surface area contributed by atoms with Crippen LogP contribution < -0.4 is 18.9 Å². The van der Waals surface area contributed by atoms with Gasteiger partial charge in [-0.05, 0) is 60.5 Å². The van der Waals surface area contributed by atoms with Gasteiger partial charge in [0.05, 0.1) is 11.1 Å². The predicted octanol–water partition coefficient (Wildman–Crippen LogP) is 5.32. The zero-order valence-corrected chi connectivity index (χ0v) is 17.9. The third-order valence-corrected chi connectivity index (χ3v) is 5.40. The van der Waals surface area contributed by atoms with Crippen molar-refractivity contribution < 1.29 is 28.5 Å². The normalized spacial score (nSPS) is 15.0. The third-order valence-electron chi connectivity index (χ3n) is 4.91. The highest BCUT2D eigenvalue weighted by atomic mass is 79.9. The highest BCUT2D eigenvalue weighted by Gasteiger charge is 2.30. The second-order valence-electron chi connectivity index (χ2n) is 7.07. The molecule has 0 aliphatic carbocycles. The van der Waals surface area contributed by atoms with Crippen molar-refractivity contribution in [3.8, 4) is 23.0 Å². The maximum Gasteiger partial charge on any atom is 0.343 e. The Morgan fingerprint density at radius 1 is 1.03 bits per heavy atom. The fourth-order valence-electron chi connectivity index (χ4n) is 3.47. The molecule has 3 aromatic carbocycles.